The fourth-order valence-electron chi connectivity index (χ4n) is 1.90. The van der Waals surface area contributed by atoms with E-state index in [2.05, 4.69) is 0 Å². The number of rotatable bonds is 7. The zero-order valence-electron chi connectivity index (χ0n) is 10.9. The summed E-state index contributed by atoms with van der Waals surface area (Å²) >= 11 is 0. The van der Waals surface area contributed by atoms with Crippen molar-refractivity contribution in [2.75, 3.05) is 27.3 Å². The van der Waals surface area contributed by atoms with E-state index < -0.39 is 6.10 Å². The van der Waals surface area contributed by atoms with Gasteiger partial charge in [0.1, 0.15) is 5.82 Å². The number of ether oxygens (including phenoxy) is 1. The van der Waals surface area contributed by atoms with E-state index in [1.165, 1.54) is 12.1 Å². The molecule has 0 aliphatic carbocycles. The number of hydrogen-bond acceptors (Lipinski definition) is 4. The smallest absolute Gasteiger partial charge is 0.123 e. The quantitative estimate of drug-likeness (QED) is 0.755. The van der Waals surface area contributed by atoms with Gasteiger partial charge in [0.2, 0.25) is 0 Å². The number of halogens is 1. The SMILES string of the molecule is COCC(O)CN(C)Cc1cc(F)ccc1CN. The Bertz CT molecular complexity index is 374. The van der Waals surface area contributed by atoms with Crippen LogP contribution in [-0.4, -0.2) is 43.4 Å². The van der Waals surface area contributed by atoms with Gasteiger partial charge in [0.15, 0.2) is 0 Å². The first-order valence-electron chi connectivity index (χ1n) is 5.89. The number of hydrogen-bond donors (Lipinski definition) is 2. The molecule has 0 aliphatic rings. The van der Waals surface area contributed by atoms with Crippen LogP contribution in [0.3, 0.4) is 0 Å². The molecule has 1 aromatic carbocycles. The van der Waals surface area contributed by atoms with Gasteiger partial charge in [-0.05, 0) is 30.3 Å². The first-order chi connectivity index (χ1) is 8.56. The Balaban J connectivity index is 2.63. The van der Waals surface area contributed by atoms with Gasteiger partial charge < -0.3 is 15.6 Å². The summed E-state index contributed by atoms with van der Waals surface area (Å²) in [7, 11) is 3.41. The third-order valence-electron chi connectivity index (χ3n) is 2.71. The lowest BCUT2D eigenvalue weighted by Crippen LogP contribution is -2.32. The summed E-state index contributed by atoms with van der Waals surface area (Å²) in [5.74, 6) is -0.270. The van der Waals surface area contributed by atoms with Crippen LogP contribution in [-0.2, 0) is 17.8 Å². The minimum Gasteiger partial charge on any atom is -0.389 e. The third kappa shape index (κ3) is 4.70. The maximum Gasteiger partial charge on any atom is 0.123 e. The van der Waals surface area contributed by atoms with Crippen LogP contribution < -0.4 is 5.73 Å². The largest absolute Gasteiger partial charge is 0.389 e. The minimum absolute atomic E-state index is 0.270. The molecule has 0 amide bonds. The molecule has 1 aromatic rings. The monoisotopic (exact) mass is 256 g/mol. The van der Waals surface area contributed by atoms with Crippen LogP contribution in [0, 0.1) is 5.82 Å². The Morgan fingerprint density at radius 2 is 2.17 bits per heavy atom. The van der Waals surface area contributed by atoms with Gasteiger partial charge in [0, 0.05) is 26.7 Å². The van der Waals surface area contributed by atoms with Crippen LogP contribution in [0.1, 0.15) is 11.1 Å². The fourth-order valence-corrected chi connectivity index (χ4v) is 1.90. The first-order valence-corrected chi connectivity index (χ1v) is 5.89. The summed E-state index contributed by atoms with van der Waals surface area (Å²) in [5, 5.41) is 9.61. The van der Waals surface area contributed by atoms with Crippen molar-refractivity contribution in [2.24, 2.45) is 5.73 Å². The van der Waals surface area contributed by atoms with E-state index in [1.54, 1.807) is 13.2 Å². The van der Waals surface area contributed by atoms with Gasteiger partial charge in [-0.3, -0.25) is 4.90 Å². The van der Waals surface area contributed by atoms with Crippen molar-refractivity contribution in [1.29, 1.82) is 0 Å². The molecule has 0 aliphatic heterocycles. The maximum atomic E-state index is 13.2. The summed E-state index contributed by atoms with van der Waals surface area (Å²) in [4.78, 5) is 1.91. The zero-order valence-corrected chi connectivity index (χ0v) is 10.9. The molecular weight excluding hydrogens is 235 g/mol. The predicted molar refractivity (Wildman–Crippen MR) is 68.5 cm³/mol. The second-order valence-corrected chi connectivity index (χ2v) is 4.42. The van der Waals surface area contributed by atoms with E-state index in [0.29, 0.717) is 19.6 Å². The first kappa shape index (κ1) is 15.0. The molecule has 0 heterocycles. The van der Waals surface area contributed by atoms with Crippen LogP contribution in [0.25, 0.3) is 0 Å². The number of aliphatic hydroxyl groups excluding tert-OH is 1. The molecule has 1 atom stereocenters. The standard InChI is InChI=1S/C13H21FN2O2/c1-16(8-13(17)9-18-2)7-11-5-12(14)4-3-10(11)6-15/h3-5,13,17H,6-9,15H2,1-2H3. The molecule has 0 bridgehead atoms. The van der Waals surface area contributed by atoms with Crippen molar-refractivity contribution in [3.05, 3.63) is 35.1 Å². The Morgan fingerprint density at radius 3 is 2.78 bits per heavy atom. The van der Waals surface area contributed by atoms with Crippen LogP contribution >= 0.6 is 0 Å². The van der Waals surface area contributed by atoms with Crippen molar-refractivity contribution in [3.8, 4) is 0 Å². The van der Waals surface area contributed by atoms with Crippen LogP contribution in [0.2, 0.25) is 0 Å². The molecular formula is C13H21FN2O2. The van der Waals surface area contributed by atoms with Crippen LogP contribution in [0.5, 0.6) is 0 Å². The van der Waals surface area contributed by atoms with Crippen molar-refractivity contribution < 1.29 is 14.2 Å². The molecule has 0 saturated carbocycles. The lowest BCUT2D eigenvalue weighted by Gasteiger charge is -2.21. The molecule has 0 saturated heterocycles. The molecule has 0 radical (unpaired) electrons. The van der Waals surface area contributed by atoms with E-state index in [-0.39, 0.29) is 12.4 Å². The number of aliphatic hydroxyl groups is 1. The number of nitrogens with two attached hydrogens (primary N) is 1. The van der Waals surface area contributed by atoms with Gasteiger partial charge in [0.05, 0.1) is 12.7 Å². The summed E-state index contributed by atoms with van der Waals surface area (Å²) in [6.07, 6.45) is -0.546. The molecule has 0 spiro atoms. The van der Waals surface area contributed by atoms with Gasteiger partial charge in [-0.1, -0.05) is 6.07 Å². The Morgan fingerprint density at radius 1 is 1.44 bits per heavy atom. The third-order valence-corrected chi connectivity index (χ3v) is 2.71. The average Bonchev–Trinajstić information content (AvgIpc) is 2.29. The average molecular weight is 256 g/mol. The van der Waals surface area contributed by atoms with Crippen molar-refractivity contribution in [1.82, 2.24) is 4.90 Å². The second-order valence-electron chi connectivity index (χ2n) is 4.42. The highest BCUT2D eigenvalue weighted by molar-refractivity contribution is 5.27. The predicted octanol–water partition coefficient (Wildman–Crippen LogP) is 0.724. The molecule has 5 heteroatoms. The van der Waals surface area contributed by atoms with Gasteiger partial charge in [-0.15, -0.1) is 0 Å². The van der Waals surface area contributed by atoms with Crippen LogP contribution in [0.15, 0.2) is 18.2 Å². The number of methoxy groups -OCH3 is 1. The molecule has 0 fully saturated rings. The van der Waals surface area contributed by atoms with E-state index >= 15 is 0 Å². The van der Waals surface area contributed by atoms with Crippen molar-refractivity contribution in [2.45, 2.75) is 19.2 Å². The molecule has 1 rings (SSSR count). The highest BCUT2D eigenvalue weighted by Crippen LogP contribution is 2.13. The number of benzene rings is 1. The fraction of sp³-hybridized carbons (Fsp3) is 0.538. The van der Waals surface area contributed by atoms with Gasteiger partial charge in [0.25, 0.3) is 0 Å². The Kier molecular flexibility index (Phi) is 6.21. The number of nitrogens with zero attached hydrogens (tertiary/aromatic N) is 1. The van der Waals surface area contributed by atoms with Crippen molar-refractivity contribution in [3.63, 3.8) is 0 Å². The lowest BCUT2D eigenvalue weighted by atomic mass is 10.1. The highest BCUT2D eigenvalue weighted by atomic mass is 19.1. The van der Waals surface area contributed by atoms with Crippen LogP contribution in [0.4, 0.5) is 4.39 Å². The van der Waals surface area contributed by atoms with E-state index in [1.807, 2.05) is 11.9 Å². The highest BCUT2D eigenvalue weighted by Gasteiger charge is 2.10. The molecule has 4 nitrogen and oxygen atoms in total. The van der Waals surface area contributed by atoms with Gasteiger partial charge in [-0.2, -0.15) is 0 Å². The molecule has 1 unspecified atom stereocenters. The lowest BCUT2D eigenvalue weighted by molar-refractivity contribution is 0.0418. The van der Waals surface area contributed by atoms with E-state index in [0.717, 1.165) is 11.1 Å². The summed E-state index contributed by atoms with van der Waals surface area (Å²) in [6.45, 7) is 1.68. The molecule has 3 N–H and O–H groups in total. The minimum atomic E-state index is -0.546. The van der Waals surface area contributed by atoms with Crippen molar-refractivity contribution >= 4 is 0 Å². The van der Waals surface area contributed by atoms with E-state index in [4.69, 9.17) is 10.5 Å². The molecule has 102 valence electrons. The normalized spacial score (nSPS) is 13.0. The zero-order chi connectivity index (χ0) is 13.5. The van der Waals surface area contributed by atoms with Gasteiger partial charge >= 0.3 is 0 Å². The summed E-state index contributed by atoms with van der Waals surface area (Å²) < 4.78 is 18.1. The van der Waals surface area contributed by atoms with E-state index in [9.17, 15) is 9.50 Å². The summed E-state index contributed by atoms with van der Waals surface area (Å²) in [6, 6.07) is 4.59. The summed E-state index contributed by atoms with van der Waals surface area (Å²) in [5.41, 5.74) is 7.39. The Labute approximate surface area is 107 Å². The van der Waals surface area contributed by atoms with Gasteiger partial charge in [-0.25, -0.2) is 4.39 Å². The second kappa shape index (κ2) is 7.43. The number of likely N-dealkylation sites (N-methyl/N-ethyl adjacent to an activating group) is 1. The topological polar surface area (TPSA) is 58.7 Å². The maximum absolute atomic E-state index is 13.2. The molecule has 18 heavy (non-hydrogen) atoms. The Hall–Kier alpha value is -1.01. The molecule has 0 aromatic heterocycles.